The zero-order valence-electron chi connectivity index (χ0n) is 16.6. The first kappa shape index (κ1) is 20.5. The van der Waals surface area contributed by atoms with Gasteiger partial charge in [-0.1, -0.05) is 49.8 Å². The molecule has 4 heteroatoms. The molecular weight excluding hydrogens is 358 g/mol. The van der Waals surface area contributed by atoms with Gasteiger partial charge in [0.15, 0.2) is 11.6 Å². The highest BCUT2D eigenvalue weighted by Gasteiger charge is 2.22. The maximum Gasteiger partial charge on any atom is 0.201 e. The van der Waals surface area contributed by atoms with Gasteiger partial charge in [-0.25, -0.2) is 4.39 Å². The van der Waals surface area contributed by atoms with Crippen LogP contribution in [0.25, 0.3) is 11.1 Å². The number of ether oxygens (including phenoxy) is 2. The van der Waals surface area contributed by atoms with Gasteiger partial charge < -0.3 is 9.47 Å². The van der Waals surface area contributed by atoms with E-state index >= 15 is 0 Å². The van der Waals surface area contributed by atoms with E-state index in [0.29, 0.717) is 24.7 Å². The van der Waals surface area contributed by atoms with Crippen LogP contribution in [0.3, 0.4) is 0 Å². The number of halogens is 2. The van der Waals surface area contributed by atoms with Crippen molar-refractivity contribution in [2.24, 2.45) is 0 Å². The average molecular weight is 386 g/mol. The molecule has 0 radical (unpaired) electrons. The van der Waals surface area contributed by atoms with Crippen LogP contribution in [0.15, 0.2) is 48.6 Å². The molecule has 1 aliphatic heterocycles. The molecule has 0 aliphatic carbocycles. The minimum absolute atomic E-state index is 0.0265. The molecule has 1 fully saturated rings. The van der Waals surface area contributed by atoms with Crippen LogP contribution in [0, 0.1) is 11.6 Å². The van der Waals surface area contributed by atoms with Crippen LogP contribution in [0.4, 0.5) is 8.78 Å². The second-order valence-electron chi connectivity index (χ2n) is 7.24. The second kappa shape index (κ2) is 9.83. The molecule has 2 atom stereocenters. The van der Waals surface area contributed by atoms with Crippen molar-refractivity contribution in [1.82, 2.24) is 0 Å². The van der Waals surface area contributed by atoms with E-state index in [0.717, 1.165) is 25.7 Å². The van der Waals surface area contributed by atoms with Crippen molar-refractivity contribution in [3.63, 3.8) is 0 Å². The van der Waals surface area contributed by atoms with E-state index in [1.54, 1.807) is 6.07 Å². The Labute approximate surface area is 166 Å². The summed E-state index contributed by atoms with van der Waals surface area (Å²) in [6.07, 6.45) is 8.12. The Morgan fingerprint density at radius 1 is 1.07 bits per heavy atom. The summed E-state index contributed by atoms with van der Waals surface area (Å²) in [4.78, 5) is 0. The summed E-state index contributed by atoms with van der Waals surface area (Å²) >= 11 is 0. The Hall–Kier alpha value is -2.20. The van der Waals surface area contributed by atoms with Crippen LogP contribution >= 0.6 is 0 Å². The highest BCUT2D eigenvalue weighted by molar-refractivity contribution is 5.65. The fourth-order valence-electron chi connectivity index (χ4n) is 3.53. The topological polar surface area (TPSA) is 18.5 Å². The second-order valence-corrected chi connectivity index (χ2v) is 7.24. The first-order chi connectivity index (χ1) is 13.6. The smallest absolute Gasteiger partial charge is 0.201 e. The first-order valence-electron chi connectivity index (χ1n) is 10.1. The molecule has 0 N–H and O–H groups in total. The van der Waals surface area contributed by atoms with Crippen molar-refractivity contribution < 1.29 is 18.3 Å². The Morgan fingerprint density at radius 3 is 2.50 bits per heavy atom. The van der Waals surface area contributed by atoms with E-state index in [4.69, 9.17) is 9.47 Å². The van der Waals surface area contributed by atoms with Crippen LogP contribution in [-0.4, -0.2) is 19.3 Å². The Bertz CT molecular complexity index is 791. The van der Waals surface area contributed by atoms with Gasteiger partial charge in [0, 0.05) is 11.5 Å². The van der Waals surface area contributed by atoms with Gasteiger partial charge in [0.25, 0.3) is 0 Å². The van der Waals surface area contributed by atoms with E-state index < -0.39 is 11.6 Å². The van der Waals surface area contributed by atoms with Crippen LogP contribution in [-0.2, 0) is 4.74 Å². The quantitative estimate of drug-likeness (QED) is 0.392. The summed E-state index contributed by atoms with van der Waals surface area (Å²) in [6, 6.07) is 10.8. The van der Waals surface area contributed by atoms with E-state index in [1.807, 2.05) is 44.2 Å². The van der Waals surface area contributed by atoms with Crippen molar-refractivity contribution >= 4 is 0 Å². The zero-order chi connectivity index (χ0) is 19.9. The predicted octanol–water partition coefficient (Wildman–Crippen LogP) is 6.65. The maximum absolute atomic E-state index is 14.5. The fraction of sp³-hybridized carbons (Fsp3) is 0.417. The molecule has 1 saturated heterocycles. The molecule has 1 aliphatic rings. The highest BCUT2D eigenvalue weighted by atomic mass is 19.2. The third kappa shape index (κ3) is 4.79. The molecule has 0 aromatic heterocycles. The van der Waals surface area contributed by atoms with Crippen molar-refractivity contribution in [2.45, 2.75) is 51.6 Å². The summed E-state index contributed by atoms with van der Waals surface area (Å²) in [5.41, 5.74) is 2.08. The Balaban J connectivity index is 1.70. The molecule has 2 nitrogen and oxygen atoms in total. The van der Waals surface area contributed by atoms with E-state index in [-0.39, 0.29) is 17.4 Å². The molecule has 2 aromatic carbocycles. The number of rotatable bonds is 7. The lowest BCUT2D eigenvalue weighted by molar-refractivity contribution is 0.0326. The number of benzene rings is 2. The standard InChI is InChI=1S/C24H28F2O2/c1-3-5-15-27-22-14-13-21(23(25)24(22)26)18-9-7-17(8-10-18)19-11-12-20(6-4-2)28-16-19/h4,6-10,13-14,19-20H,3,5,11-12,15-16H2,1-2H3/b6-4+. The summed E-state index contributed by atoms with van der Waals surface area (Å²) in [7, 11) is 0. The first-order valence-corrected chi connectivity index (χ1v) is 10.1. The number of hydrogen-bond acceptors (Lipinski definition) is 2. The summed E-state index contributed by atoms with van der Waals surface area (Å²) in [5.74, 6) is -1.47. The Kier molecular flexibility index (Phi) is 7.21. The van der Waals surface area contributed by atoms with Crippen molar-refractivity contribution in [3.05, 3.63) is 65.7 Å². The number of hydrogen-bond donors (Lipinski definition) is 0. The van der Waals surface area contributed by atoms with Gasteiger partial charge in [0.2, 0.25) is 5.82 Å². The van der Waals surface area contributed by atoms with Gasteiger partial charge in [-0.05, 0) is 49.4 Å². The van der Waals surface area contributed by atoms with Crippen LogP contribution in [0.2, 0.25) is 0 Å². The molecule has 28 heavy (non-hydrogen) atoms. The minimum atomic E-state index is -0.923. The molecule has 0 saturated carbocycles. The third-order valence-corrected chi connectivity index (χ3v) is 5.21. The Morgan fingerprint density at radius 2 is 1.86 bits per heavy atom. The van der Waals surface area contributed by atoms with Gasteiger partial charge in [0.05, 0.1) is 19.3 Å². The van der Waals surface area contributed by atoms with Crippen molar-refractivity contribution in [1.29, 1.82) is 0 Å². The minimum Gasteiger partial charge on any atom is -0.490 e. The van der Waals surface area contributed by atoms with Gasteiger partial charge in [-0.3, -0.25) is 0 Å². The monoisotopic (exact) mass is 386 g/mol. The van der Waals surface area contributed by atoms with E-state index in [2.05, 4.69) is 6.08 Å². The number of unbranched alkanes of at least 4 members (excludes halogenated alkanes) is 1. The molecule has 1 heterocycles. The van der Waals surface area contributed by atoms with Gasteiger partial charge in [-0.15, -0.1) is 0 Å². The summed E-state index contributed by atoms with van der Waals surface area (Å²) in [5, 5.41) is 0. The van der Waals surface area contributed by atoms with Crippen molar-refractivity contribution in [2.75, 3.05) is 13.2 Å². The molecule has 0 bridgehead atoms. The molecule has 2 aromatic rings. The van der Waals surface area contributed by atoms with E-state index in [1.165, 1.54) is 11.6 Å². The molecule has 0 spiro atoms. The average Bonchev–Trinajstić information content (AvgIpc) is 2.72. The fourth-order valence-corrected chi connectivity index (χ4v) is 3.53. The van der Waals surface area contributed by atoms with Crippen molar-refractivity contribution in [3.8, 4) is 16.9 Å². The zero-order valence-corrected chi connectivity index (χ0v) is 16.6. The SMILES string of the molecule is C/C=C/C1CCC(c2ccc(-c3ccc(OCCCC)c(F)c3F)cc2)CO1. The lowest BCUT2D eigenvalue weighted by atomic mass is 9.90. The van der Waals surface area contributed by atoms with Crippen LogP contribution in [0.5, 0.6) is 5.75 Å². The summed E-state index contributed by atoms with van der Waals surface area (Å²) in [6.45, 7) is 5.09. The van der Waals surface area contributed by atoms with Crippen LogP contribution < -0.4 is 4.74 Å². The highest BCUT2D eigenvalue weighted by Crippen LogP contribution is 2.33. The van der Waals surface area contributed by atoms with Gasteiger partial charge in [-0.2, -0.15) is 4.39 Å². The van der Waals surface area contributed by atoms with E-state index in [9.17, 15) is 8.78 Å². The molecule has 3 rings (SSSR count). The third-order valence-electron chi connectivity index (χ3n) is 5.21. The molecule has 150 valence electrons. The molecular formula is C24H28F2O2. The van der Waals surface area contributed by atoms with Gasteiger partial charge >= 0.3 is 0 Å². The normalized spacial score (nSPS) is 19.9. The lowest BCUT2D eigenvalue weighted by Gasteiger charge is -2.27. The van der Waals surface area contributed by atoms with Crippen LogP contribution in [0.1, 0.15) is 51.0 Å². The summed E-state index contributed by atoms with van der Waals surface area (Å²) < 4.78 is 40.1. The largest absolute Gasteiger partial charge is 0.490 e. The lowest BCUT2D eigenvalue weighted by Crippen LogP contribution is -2.23. The predicted molar refractivity (Wildman–Crippen MR) is 109 cm³/mol. The van der Waals surface area contributed by atoms with Gasteiger partial charge in [0.1, 0.15) is 0 Å². The number of allylic oxidation sites excluding steroid dienone is 1. The molecule has 2 unspecified atom stereocenters. The molecule has 0 amide bonds. The maximum atomic E-state index is 14.5.